The maximum atomic E-state index is 12.4. The number of nitrogens with one attached hydrogen (secondary N) is 2. The molecule has 2 rings (SSSR count). The Morgan fingerprint density at radius 1 is 1.17 bits per heavy atom. The molecule has 2 aliphatic heterocycles. The van der Waals surface area contributed by atoms with Gasteiger partial charge >= 0.3 is 6.18 Å². The molecule has 0 saturated carbocycles. The Balaban J connectivity index is 1.64. The van der Waals surface area contributed by atoms with Gasteiger partial charge in [0, 0.05) is 32.7 Å². The quantitative estimate of drug-likeness (QED) is 0.583. The van der Waals surface area contributed by atoms with Crippen molar-refractivity contribution in [3.05, 3.63) is 0 Å². The Kier molecular flexibility index (Phi) is 7.16. The molecular formula is C16H30F3N5. The monoisotopic (exact) mass is 349 g/mol. The van der Waals surface area contributed by atoms with Crippen LogP contribution in [0.25, 0.3) is 0 Å². The predicted octanol–water partition coefficient (Wildman–Crippen LogP) is 1.52. The molecular weight excluding hydrogens is 319 g/mol. The first kappa shape index (κ1) is 19.3. The first-order valence-corrected chi connectivity index (χ1v) is 8.80. The smallest absolute Gasteiger partial charge is 0.356 e. The number of likely N-dealkylation sites (tertiary alicyclic amines) is 2. The molecule has 1 atom stereocenters. The van der Waals surface area contributed by atoms with Crippen molar-refractivity contribution in [1.82, 2.24) is 20.4 Å². The summed E-state index contributed by atoms with van der Waals surface area (Å²) in [6.07, 6.45) is 0.173. The maximum absolute atomic E-state index is 12.4. The van der Waals surface area contributed by atoms with Gasteiger partial charge in [0.15, 0.2) is 5.96 Å². The van der Waals surface area contributed by atoms with E-state index in [-0.39, 0.29) is 6.04 Å². The van der Waals surface area contributed by atoms with Crippen LogP contribution in [0, 0.1) is 5.92 Å². The molecule has 140 valence electrons. The van der Waals surface area contributed by atoms with E-state index in [9.17, 15) is 13.2 Å². The van der Waals surface area contributed by atoms with Gasteiger partial charge in [0.1, 0.15) is 0 Å². The molecule has 2 aliphatic rings. The topological polar surface area (TPSA) is 42.9 Å². The van der Waals surface area contributed by atoms with Crippen molar-refractivity contribution in [3.8, 4) is 0 Å². The molecule has 2 heterocycles. The number of guanidine groups is 1. The van der Waals surface area contributed by atoms with Gasteiger partial charge in [0.05, 0.1) is 6.54 Å². The highest BCUT2D eigenvalue weighted by Gasteiger charge is 2.34. The van der Waals surface area contributed by atoms with Crippen LogP contribution in [-0.4, -0.2) is 81.3 Å². The largest absolute Gasteiger partial charge is 0.401 e. The van der Waals surface area contributed by atoms with Gasteiger partial charge in [-0.15, -0.1) is 0 Å². The average molecular weight is 349 g/mol. The number of piperidine rings is 1. The minimum absolute atomic E-state index is 0.0295. The highest BCUT2D eigenvalue weighted by Crippen LogP contribution is 2.20. The fraction of sp³-hybridized carbons (Fsp3) is 0.938. The van der Waals surface area contributed by atoms with Crippen molar-refractivity contribution in [3.63, 3.8) is 0 Å². The van der Waals surface area contributed by atoms with Gasteiger partial charge in [-0.25, -0.2) is 0 Å². The molecule has 2 fully saturated rings. The number of rotatable bonds is 5. The van der Waals surface area contributed by atoms with Crippen LogP contribution in [0.3, 0.4) is 0 Å². The van der Waals surface area contributed by atoms with Crippen LogP contribution in [-0.2, 0) is 0 Å². The van der Waals surface area contributed by atoms with Crippen LogP contribution < -0.4 is 10.6 Å². The molecule has 0 spiro atoms. The van der Waals surface area contributed by atoms with Gasteiger partial charge in [0.25, 0.3) is 0 Å². The zero-order chi connectivity index (χ0) is 17.6. The number of alkyl halides is 3. The number of hydrogen-bond acceptors (Lipinski definition) is 3. The van der Waals surface area contributed by atoms with E-state index in [1.54, 1.807) is 7.05 Å². The lowest BCUT2D eigenvalue weighted by molar-refractivity contribution is -0.143. The molecule has 0 amide bonds. The van der Waals surface area contributed by atoms with Crippen LogP contribution in [0.15, 0.2) is 4.99 Å². The zero-order valence-corrected chi connectivity index (χ0v) is 14.7. The van der Waals surface area contributed by atoms with Gasteiger partial charge < -0.3 is 15.5 Å². The Hall–Kier alpha value is -1.02. The normalized spacial score (nSPS) is 25.2. The lowest BCUT2D eigenvalue weighted by Gasteiger charge is -2.29. The Morgan fingerprint density at radius 2 is 1.88 bits per heavy atom. The second kappa shape index (κ2) is 8.89. The van der Waals surface area contributed by atoms with Gasteiger partial charge in [-0.05, 0) is 51.7 Å². The van der Waals surface area contributed by atoms with Gasteiger partial charge in [-0.1, -0.05) is 0 Å². The van der Waals surface area contributed by atoms with Crippen LogP contribution in [0.4, 0.5) is 13.2 Å². The summed E-state index contributed by atoms with van der Waals surface area (Å²) in [5.74, 6) is 1.45. The van der Waals surface area contributed by atoms with E-state index in [0.29, 0.717) is 25.5 Å². The van der Waals surface area contributed by atoms with E-state index < -0.39 is 12.7 Å². The van der Waals surface area contributed by atoms with Gasteiger partial charge in [-0.2, -0.15) is 13.2 Å². The van der Waals surface area contributed by atoms with Crippen molar-refractivity contribution < 1.29 is 13.2 Å². The maximum Gasteiger partial charge on any atom is 0.401 e. The second-order valence-electron chi connectivity index (χ2n) is 7.01. The summed E-state index contributed by atoms with van der Waals surface area (Å²) in [6, 6.07) is 0.0295. The molecule has 2 saturated heterocycles. The number of hydrogen-bond donors (Lipinski definition) is 2. The summed E-state index contributed by atoms with van der Waals surface area (Å²) < 4.78 is 37.3. The van der Waals surface area contributed by atoms with Crippen molar-refractivity contribution in [1.29, 1.82) is 0 Å². The molecule has 0 bridgehead atoms. The highest BCUT2D eigenvalue weighted by molar-refractivity contribution is 5.79. The van der Waals surface area contributed by atoms with E-state index in [1.165, 1.54) is 17.7 Å². The van der Waals surface area contributed by atoms with Crippen molar-refractivity contribution in [2.24, 2.45) is 10.9 Å². The minimum Gasteiger partial charge on any atom is -0.356 e. The SMILES string of the molecule is CN=C(NCCC1CCN(C)CC1)NC1CCN(CC(F)(F)F)C1. The molecule has 0 aromatic carbocycles. The number of halogens is 3. The lowest BCUT2D eigenvalue weighted by Crippen LogP contribution is -2.45. The van der Waals surface area contributed by atoms with Crippen LogP contribution in [0.1, 0.15) is 25.7 Å². The standard InChI is InChI=1S/C16H30F3N5/c1-20-15(21-7-3-13-4-8-23(2)9-5-13)22-14-6-10-24(11-14)12-16(17,18)19/h13-14H,3-12H2,1-2H3,(H2,20,21,22). The third-order valence-corrected chi connectivity index (χ3v) is 4.92. The first-order valence-electron chi connectivity index (χ1n) is 8.80. The summed E-state index contributed by atoms with van der Waals surface area (Å²) in [7, 11) is 3.86. The molecule has 0 aromatic heterocycles. The first-order chi connectivity index (χ1) is 11.4. The van der Waals surface area contributed by atoms with Gasteiger partial charge in [-0.3, -0.25) is 9.89 Å². The average Bonchev–Trinajstić information content (AvgIpc) is 2.93. The molecule has 0 radical (unpaired) electrons. The van der Waals surface area contributed by atoms with E-state index in [0.717, 1.165) is 32.0 Å². The lowest BCUT2D eigenvalue weighted by atomic mass is 9.94. The molecule has 24 heavy (non-hydrogen) atoms. The van der Waals surface area contributed by atoms with Crippen LogP contribution >= 0.6 is 0 Å². The van der Waals surface area contributed by atoms with Crippen molar-refractivity contribution in [2.45, 2.75) is 37.9 Å². The highest BCUT2D eigenvalue weighted by atomic mass is 19.4. The molecule has 8 heteroatoms. The summed E-state index contributed by atoms with van der Waals surface area (Å²) in [4.78, 5) is 8.00. The van der Waals surface area contributed by atoms with Crippen LogP contribution in [0.2, 0.25) is 0 Å². The third kappa shape index (κ3) is 6.84. The zero-order valence-electron chi connectivity index (χ0n) is 14.7. The van der Waals surface area contributed by atoms with Crippen LogP contribution in [0.5, 0.6) is 0 Å². The number of nitrogens with zero attached hydrogens (tertiary/aromatic N) is 3. The molecule has 1 unspecified atom stereocenters. The van der Waals surface area contributed by atoms with E-state index in [4.69, 9.17) is 0 Å². The summed E-state index contributed by atoms with van der Waals surface area (Å²) in [5.41, 5.74) is 0. The van der Waals surface area contributed by atoms with Crippen molar-refractivity contribution in [2.75, 3.05) is 53.4 Å². The minimum atomic E-state index is -4.12. The fourth-order valence-corrected chi connectivity index (χ4v) is 3.48. The molecule has 5 nitrogen and oxygen atoms in total. The van der Waals surface area contributed by atoms with E-state index in [2.05, 4.69) is 27.6 Å². The van der Waals surface area contributed by atoms with Crippen molar-refractivity contribution >= 4 is 5.96 Å². The Bertz CT molecular complexity index is 405. The second-order valence-corrected chi connectivity index (χ2v) is 7.01. The predicted molar refractivity (Wildman–Crippen MR) is 90.2 cm³/mol. The van der Waals surface area contributed by atoms with Gasteiger partial charge in [0.2, 0.25) is 0 Å². The summed E-state index contributed by atoms with van der Waals surface area (Å²) in [6.45, 7) is 3.24. The van der Waals surface area contributed by atoms with E-state index in [1.807, 2.05) is 0 Å². The Labute approximate surface area is 142 Å². The molecule has 2 N–H and O–H groups in total. The molecule has 0 aromatic rings. The third-order valence-electron chi connectivity index (χ3n) is 4.92. The Morgan fingerprint density at radius 3 is 2.50 bits per heavy atom. The summed E-state index contributed by atoms with van der Waals surface area (Å²) >= 11 is 0. The number of aliphatic imine (C=N–C) groups is 1. The molecule has 0 aliphatic carbocycles. The van der Waals surface area contributed by atoms with E-state index >= 15 is 0 Å². The summed E-state index contributed by atoms with van der Waals surface area (Å²) in [5, 5.41) is 6.55. The fourth-order valence-electron chi connectivity index (χ4n) is 3.48.